The van der Waals surface area contributed by atoms with E-state index in [1.807, 2.05) is 48.5 Å². The number of nitrogens with one attached hydrogen (secondary N) is 1. The summed E-state index contributed by atoms with van der Waals surface area (Å²) in [6.07, 6.45) is 4.13. The minimum atomic E-state index is -0.0480. The number of halogens is 2. The van der Waals surface area contributed by atoms with Crippen molar-refractivity contribution in [3.63, 3.8) is 0 Å². The molecule has 0 atom stereocenters. The van der Waals surface area contributed by atoms with Crippen LogP contribution < -0.4 is 27.0 Å². The predicted molar refractivity (Wildman–Crippen MR) is 105 cm³/mol. The van der Waals surface area contributed by atoms with Gasteiger partial charge in [0, 0.05) is 16.3 Å². The molecule has 7 heteroatoms. The van der Waals surface area contributed by atoms with E-state index in [1.54, 1.807) is 7.11 Å². The molecule has 2 heterocycles. The number of anilines is 1. The zero-order valence-electron chi connectivity index (χ0n) is 15.5. The second kappa shape index (κ2) is 8.67. The van der Waals surface area contributed by atoms with Crippen molar-refractivity contribution in [1.29, 1.82) is 0 Å². The van der Waals surface area contributed by atoms with E-state index in [9.17, 15) is 4.79 Å². The van der Waals surface area contributed by atoms with Crippen LogP contribution in [0.5, 0.6) is 5.75 Å². The van der Waals surface area contributed by atoms with Gasteiger partial charge in [0.2, 0.25) is 0 Å². The summed E-state index contributed by atoms with van der Waals surface area (Å²) in [5.41, 5.74) is 2.99. The molecule has 1 N–H and O–H groups in total. The molecule has 3 aromatic rings. The number of amides is 1. The molecule has 1 aliphatic rings. The largest absolute Gasteiger partial charge is 1.00 e. The number of carbonyl (C=O) groups is 1. The van der Waals surface area contributed by atoms with Crippen LogP contribution in [-0.2, 0) is 24.3 Å². The molecule has 146 valence electrons. The number of imidazole rings is 1. The van der Waals surface area contributed by atoms with E-state index in [-0.39, 0.29) is 24.9 Å². The average molecular weight is 418 g/mol. The maximum Gasteiger partial charge on any atom is 0.266 e. The SMILES string of the molecule is COc1ccc(NC(=O)C[n+]2cc(-c3ccc(Cl)cc3)n3c2CCC3)cc1.[Cl-]. The van der Waals surface area contributed by atoms with Gasteiger partial charge in [0.25, 0.3) is 11.7 Å². The molecule has 2 aromatic carbocycles. The molecule has 0 fully saturated rings. The lowest BCUT2D eigenvalue weighted by atomic mass is 10.2. The first-order valence-electron chi connectivity index (χ1n) is 8.96. The predicted octanol–water partition coefficient (Wildman–Crippen LogP) is 0.693. The second-order valence-electron chi connectivity index (χ2n) is 6.60. The van der Waals surface area contributed by atoms with Crippen LogP contribution >= 0.6 is 11.6 Å². The molecule has 1 amide bonds. The van der Waals surface area contributed by atoms with E-state index in [0.717, 1.165) is 47.1 Å². The van der Waals surface area contributed by atoms with Gasteiger partial charge < -0.3 is 22.5 Å². The van der Waals surface area contributed by atoms with Crippen LogP contribution in [0, 0.1) is 0 Å². The minimum absolute atomic E-state index is 0. The first-order chi connectivity index (χ1) is 13.1. The van der Waals surface area contributed by atoms with Crippen LogP contribution in [0.3, 0.4) is 0 Å². The lowest BCUT2D eigenvalue weighted by Gasteiger charge is -2.05. The maximum absolute atomic E-state index is 12.5. The number of methoxy groups -OCH3 is 1. The Labute approximate surface area is 175 Å². The molecule has 0 saturated carbocycles. The van der Waals surface area contributed by atoms with Gasteiger partial charge in [-0.2, -0.15) is 0 Å². The van der Waals surface area contributed by atoms with E-state index in [0.29, 0.717) is 0 Å². The fourth-order valence-corrected chi connectivity index (χ4v) is 3.65. The summed E-state index contributed by atoms with van der Waals surface area (Å²) in [5, 5.41) is 3.67. The van der Waals surface area contributed by atoms with Crippen molar-refractivity contribution in [2.75, 3.05) is 12.4 Å². The number of benzene rings is 2. The molecular weight excluding hydrogens is 397 g/mol. The number of aromatic nitrogens is 2. The molecule has 28 heavy (non-hydrogen) atoms. The van der Waals surface area contributed by atoms with E-state index in [2.05, 4.69) is 20.6 Å². The van der Waals surface area contributed by atoms with Crippen LogP contribution in [0.1, 0.15) is 12.2 Å². The Morgan fingerprint density at radius 3 is 2.57 bits per heavy atom. The van der Waals surface area contributed by atoms with Crippen molar-refractivity contribution >= 4 is 23.2 Å². The van der Waals surface area contributed by atoms with Crippen molar-refractivity contribution in [2.45, 2.75) is 25.9 Å². The monoisotopic (exact) mass is 417 g/mol. The quantitative estimate of drug-likeness (QED) is 0.621. The average Bonchev–Trinajstić information content (AvgIpc) is 3.27. The summed E-state index contributed by atoms with van der Waals surface area (Å²) >= 11 is 6.01. The molecule has 5 nitrogen and oxygen atoms in total. The summed E-state index contributed by atoms with van der Waals surface area (Å²) in [4.78, 5) is 12.5. The number of fused-ring (bicyclic) bond motifs is 1. The normalized spacial score (nSPS) is 12.2. The molecular formula is C21H21Cl2N3O2. The topological polar surface area (TPSA) is 47.1 Å². The second-order valence-corrected chi connectivity index (χ2v) is 7.03. The molecule has 0 unspecified atom stereocenters. The highest BCUT2D eigenvalue weighted by molar-refractivity contribution is 6.30. The smallest absolute Gasteiger partial charge is 0.266 e. The van der Waals surface area contributed by atoms with Gasteiger partial charge in [0.15, 0.2) is 12.2 Å². The van der Waals surface area contributed by atoms with Crippen molar-refractivity contribution in [2.24, 2.45) is 0 Å². The molecule has 0 saturated heterocycles. The van der Waals surface area contributed by atoms with Gasteiger partial charge in [0.05, 0.1) is 20.1 Å². The van der Waals surface area contributed by atoms with Gasteiger partial charge in [0.1, 0.15) is 11.9 Å². The maximum atomic E-state index is 12.5. The van der Waals surface area contributed by atoms with Crippen molar-refractivity contribution in [3.05, 3.63) is 65.6 Å². The number of hydrogen-bond acceptors (Lipinski definition) is 2. The van der Waals surface area contributed by atoms with Crippen LogP contribution in [0.2, 0.25) is 5.02 Å². The third-order valence-corrected chi connectivity index (χ3v) is 5.07. The Bertz CT molecular complexity index is 967. The molecule has 0 bridgehead atoms. The number of nitrogens with zero attached hydrogens (tertiary/aromatic N) is 2. The molecule has 0 radical (unpaired) electrons. The number of hydrogen-bond donors (Lipinski definition) is 1. The van der Waals surface area contributed by atoms with E-state index >= 15 is 0 Å². The highest BCUT2D eigenvalue weighted by Gasteiger charge is 2.29. The van der Waals surface area contributed by atoms with Gasteiger partial charge in [-0.1, -0.05) is 11.6 Å². The first-order valence-corrected chi connectivity index (χ1v) is 9.33. The standard InChI is InChI=1S/C21H20ClN3O2.ClH/c1-27-18-10-8-17(9-11-18)23-20(26)14-24-13-19(25-12-2-3-21(24)25)15-4-6-16(22)7-5-15;/h4-11,13H,2-3,12,14H2,1H3;1H. The zero-order valence-corrected chi connectivity index (χ0v) is 17.0. The fourth-order valence-electron chi connectivity index (χ4n) is 3.53. The third kappa shape index (κ3) is 4.16. The van der Waals surface area contributed by atoms with Gasteiger partial charge in [-0.05, 0) is 55.0 Å². The van der Waals surface area contributed by atoms with Crippen LogP contribution in [-0.4, -0.2) is 17.6 Å². The van der Waals surface area contributed by atoms with Gasteiger partial charge >= 0.3 is 0 Å². The molecule has 1 aromatic heterocycles. The van der Waals surface area contributed by atoms with Crippen LogP contribution in [0.15, 0.2) is 54.7 Å². The zero-order chi connectivity index (χ0) is 18.8. The summed E-state index contributed by atoms with van der Waals surface area (Å²) < 4.78 is 9.49. The Morgan fingerprint density at radius 1 is 1.18 bits per heavy atom. The Balaban J connectivity index is 0.00000225. The summed E-state index contributed by atoms with van der Waals surface area (Å²) in [7, 11) is 1.62. The van der Waals surface area contributed by atoms with E-state index in [1.165, 1.54) is 5.82 Å². The lowest BCUT2D eigenvalue weighted by Crippen LogP contribution is -3.00. The first kappa shape index (κ1) is 20.2. The van der Waals surface area contributed by atoms with Gasteiger partial charge in [-0.25, -0.2) is 9.13 Å². The molecule has 4 rings (SSSR count). The number of ether oxygens (including phenoxy) is 1. The van der Waals surface area contributed by atoms with Crippen molar-refractivity contribution < 1.29 is 26.5 Å². The van der Waals surface area contributed by atoms with Crippen molar-refractivity contribution in [1.82, 2.24) is 4.57 Å². The summed E-state index contributed by atoms with van der Waals surface area (Å²) in [6, 6.07) is 15.2. The van der Waals surface area contributed by atoms with Crippen LogP contribution in [0.4, 0.5) is 5.69 Å². The van der Waals surface area contributed by atoms with E-state index < -0.39 is 0 Å². The number of carbonyl (C=O) groups excluding carboxylic acids is 1. The summed E-state index contributed by atoms with van der Waals surface area (Å²) in [5.74, 6) is 1.90. The highest BCUT2D eigenvalue weighted by Crippen LogP contribution is 2.26. The molecule has 0 aliphatic carbocycles. The summed E-state index contributed by atoms with van der Waals surface area (Å²) in [6.45, 7) is 1.26. The molecule has 0 spiro atoms. The fraction of sp³-hybridized carbons (Fsp3) is 0.238. The number of rotatable bonds is 5. The van der Waals surface area contributed by atoms with Crippen molar-refractivity contribution in [3.8, 4) is 17.0 Å². The third-order valence-electron chi connectivity index (χ3n) is 4.82. The highest BCUT2D eigenvalue weighted by atomic mass is 35.5. The Kier molecular flexibility index (Phi) is 6.27. The minimum Gasteiger partial charge on any atom is -1.00 e. The Hall–Kier alpha value is -2.50. The lowest BCUT2D eigenvalue weighted by molar-refractivity contribution is -0.690. The van der Waals surface area contributed by atoms with Gasteiger partial charge in [-0.3, -0.25) is 4.79 Å². The van der Waals surface area contributed by atoms with E-state index in [4.69, 9.17) is 16.3 Å². The van der Waals surface area contributed by atoms with Gasteiger partial charge in [-0.15, -0.1) is 0 Å². The van der Waals surface area contributed by atoms with Crippen LogP contribution in [0.25, 0.3) is 11.3 Å². The Morgan fingerprint density at radius 2 is 1.89 bits per heavy atom. The molecule has 1 aliphatic heterocycles.